The van der Waals surface area contributed by atoms with E-state index in [1.54, 1.807) is 0 Å². The van der Waals surface area contributed by atoms with E-state index in [-0.39, 0.29) is 12.1 Å². The fourth-order valence-electron chi connectivity index (χ4n) is 2.45. The van der Waals surface area contributed by atoms with Gasteiger partial charge in [0.05, 0.1) is 13.2 Å². The van der Waals surface area contributed by atoms with Gasteiger partial charge in [-0.05, 0) is 63.3 Å². The molecule has 1 atom stereocenters. The van der Waals surface area contributed by atoms with E-state index in [1.165, 1.54) is 29.5 Å². The summed E-state index contributed by atoms with van der Waals surface area (Å²) in [5.41, 5.74) is 3.47. The Bertz CT molecular complexity index is 468. The van der Waals surface area contributed by atoms with Gasteiger partial charge in [-0.2, -0.15) is 0 Å². The minimum atomic E-state index is -0.228. The van der Waals surface area contributed by atoms with Crippen molar-refractivity contribution in [2.75, 3.05) is 13.2 Å². The van der Waals surface area contributed by atoms with Crippen LogP contribution in [0.4, 0.5) is 0 Å². The van der Waals surface area contributed by atoms with Crippen molar-refractivity contribution in [2.24, 2.45) is 0 Å². The summed E-state index contributed by atoms with van der Waals surface area (Å²) in [5, 5.41) is 13.1. The molecular formula is C17H27NO2. The van der Waals surface area contributed by atoms with E-state index in [4.69, 9.17) is 4.74 Å². The lowest BCUT2D eigenvalue weighted by atomic mass is 9.99. The Morgan fingerprint density at radius 1 is 1.30 bits per heavy atom. The highest BCUT2D eigenvalue weighted by molar-refractivity contribution is 5.41. The molecular weight excluding hydrogens is 250 g/mol. The highest BCUT2D eigenvalue weighted by Gasteiger charge is 2.31. The molecule has 0 radical (unpaired) electrons. The molecule has 0 amide bonds. The second-order valence-electron chi connectivity index (χ2n) is 6.44. The SMILES string of the molecule is Cc1cc(C)c(C)c(OCCC(C)(CO)NC2CC2)c1. The van der Waals surface area contributed by atoms with Gasteiger partial charge in [0, 0.05) is 18.0 Å². The molecule has 20 heavy (non-hydrogen) atoms. The van der Waals surface area contributed by atoms with Crippen LogP contribution in [0.1, 0.15) is 42.9 Å². The van der Waals surface area contributed by atoms with Gasteiger partial charge in [0.15, 0.2) is 0 Å². The molecule has 1 aliphatic carbocycles. The molecule has 3 nitrogen and oxygen atoms in total. The largest absolute Gasteiger partial charge is 0.493 e. The first-order valence-corrected chi connectivity index (χ1v) is 7.53. The molecule has 1 aromatic carbocycles. The van der Waals surface area contributed by atoms with E-state index in [2.05, 4.69) is 45.1 Å². The first-order valence-electron chi connectivity index (χ1n) is 7.53. The zero-order valence-electron chi connectivity index (χ0n) is 13.1. The van der Waals surface area contributed by atoms with Gasteiger partial charge in [-0.15, -0.1) is 0 Å². The quantitative estimate of drug-likeness (QED) is 0.805. The zero-order valence-corrected chi connectivity index (χ0v) is 13.1. The van der Waals surface area contributed by atoms with Gasteiger partial charge in [0.2, 0.25) is 0 Å². The van der Waals surface area contributed by atoms with Crippen molar-refractivity contribution in [3.63, 3.8) is 0 Å². The lowest BCUT2D eigenvalue weighted by molar-refractivity contribution is 0.142. The fourth-order valence-corrected chi connectivity index (χ4v) is 2.45. The molecule has 3 heteroatoms. The first-order chi connectivity index (χ1) is 9.43. The average Bonchev–Trinajstić information content (AvgIpc) is 3.19. The predicted molar refractivity (Wildman–Crippen MR) is 82.4 cm³/mol. The van der Waals surface area contributed by atoms with Crippen LogP contribution in [0.15, 0.2) is 12.1 Å². The van der Waals surface area contributed by atoms with Crippen LogP contribution in [0.5, 0.6) is 5.75 Å². The third-order valence-corrected chi connectivity index (χ3v) is 4.15. The minimum absolute atomic E-state index is 0.151. The maximum absolute atomic E-state index is 9.58. The predicted octanol–water partition coefficient (Wildman–Crippen LogP) is 2.88. The van der Waals surface area contributed by atoms with Crippen LogP contribution in [0.2, 0.25) is 0 Å². The summed E-state index contributed by atoms with van der Waals surface area (Å²) in [4.78, 5) is 0. The number of nitrogens with one attached hydrogen (secondary N) is 1. The molecule has 0 aliphatic heterocycles. The number of aryl methyl sites for hydroxylation is 2. The van der Waals surface area contributed by atoms with Gasteiger partial charge >= 0.3 is 0 Å². The third-order valence-electron chi connectivity index (χ3n) is 4.15. The summed E-state index contributed by atoms with van der Waals surface area (Å²) in [6.07, 6.45) is 3.27. The van der Waals surface area contributed by atoms with Crippen LogP contribution in [-0.2, 0) is 0 Å². The number of aliphatic hydroxyl groups excluding tert-OH is 1. The van der Waals surface area contributed by atoms with E-state index in [0.29, 0.717) is 12.6 Å². The number of aliphatic hydroxyl groups is 1. The third kappa shape index (κ3) is 3.97. The van der Waals surface area contributed by atoms with Gasteiger partial charge in [-0.3, -0.25) is 0 Å². The highest BCUT2D eigenvalue weighted by Crippen LogP contribution is 2.26. The second-order valence-corrected chi connectivity index (χ2v) is 6.44. The highest BCUT2D eigenvalue weighted by atomic mass is 16.5. The summed E-state index contributed by atoms with van der Waals surface area (Å²) < 4.78 is 5.95. The Hall–Kier alpha value is -1.06. The van der Waals surface area contributed by atoms with Crippen molar-refractivity contribution >= 4 is 0 Å². The Labute approximate surface area is 122 Å². The topological polar surface area (TPSA) is 41.5 Å². The Morgan fingerprint density at radius 2 is 2.00 bits per heavy atom. The van der Waals surface area contributed by atoms with Crippen LogP contribution in [-0.4, -0.2) is 29.9 Å². The molecule has 0 bridgehead atoms. The second kappa shape index (κ2) is 6.15. The number of hydrogen-bond acceptors (Lipinski definition) is 3. The van der Waals surface area contributed by atoms with Crippen molar-refractivity contribution in [3.8, 4) is 5.75 Å². The van der Waals surface area contributed by atoms with Crippen LogP contribution >= 0.6 is 0 Å². The molecule has 2 rings (SSSR count). The fraction of sp³-hybridized carbons (Fsp3) is 0.647. The first kappa shape index (κ1) is 15.3. The molecule has 0 aromatic heterocycles. The monoisotopic (exact) mass is 277 g/mol. The van der Waals surface area contributed by atoms with E-state index >= 15 is 0 Å². The normalized spacial score (nSPS) is 17.9. The molecule has 0 saturated heterocycles. The van der Waals surface area contributed by atoms with Crippen LogP contribution in [0, 0.1) is 20.8 Å². The van der Waals surface area contributed by atoms with Gasteiger partial charge < -0.3 is 15.2 Å². The van der Waals surface area contributed by atoms with E-state index in [9.17, 15) is 5.11 Å². The van der Waals surface area contributed by atoms with Crippen LogP contribution < -0.4 is 10.1 Å². The number of rotatable bonds is 7. The van der Waals surface area contributed by atoms with Crippen molar-refractivity contribution in [3.05, 3.63) is 28.8 Å². The van der Waals surface area contributed by atoms with Crippen molar-refractivity contribution in [1.29, 1.82) is 0 Å². The number of hydrogen-bond donors (Lipinski definition) is 2. The molecule has 1 fully saturated rings. The Kier molecular flexibility index (Phi) is 4.71. The molecule has 1 aromatic rings. The van der Waals surface area contributed by atoms with E-state index in [1.807, 2.05) is 0 Å². The van der Waals surface area contributed by atoms with Gasteiger partial charge in [-0.25, -0.2) is 0 Å². The molecule has 112 valence electrons. The van der Waals surface area contributed by atoms with Crippen molar-refractivity contribution < 1.29 is 9.84 Å². The average molecular weight is 277 g/mol. The lowest BCUT2D eigenvalue weighted by Gasteiger charge is -2.29. The maximum atomic E-state index is 9.58. The maximum Gasteiger partial charge on any atom is 0.122 e. The zero-order chi connectivity index (χ0) is 14.8. The van der Waals surface area contributed by atoms with Crippen LogP contribution in [0.3, 0.4) is 0 Å². The molecule has 0 heterocycles. The number of benzene rings is 1. The summed E-state index contributed by atoms with van der Waals surface area (Å²) >= 11 is 0. The molecule has 1 unspecified atom stereocenters. The molecule has 2 N–H and O–H groups in total. The van der Waals surface area contributed by atoms with Gasteiger partial charge in [-0.1, -0.05) is 6.07 Å². The van der Waals surface area contributed by atoms with E-state index < -0.39 is 0 Å². The van der Waals surface area contributed by atoms with Crippen molar-refractivity contribution in [1.82, 2.24) is 5.32 Å². The Balaban J connectivity index is 1.91. The van der Waals surface area contributed by atoms with Crippen molar-refractivity contribution in [2.45, 2.75) is 58.5 Å². The van der Waals surface area contributed by atoms with Gasteiger partial charge in [0.25, 0.3) is 0 Å². The summed E-state index contributed by atoms with van der Waals surface area (Å²) in [6.45, 7) is 9.15. The number of ether oxygens (including phenoxy) is 1. The smallest absolute Gasteiger partial charge is 0.122 e. The standard InChI is InChI=1S/C17H27NO2/c1-12-9-13(2)14(3)16(10-12)20-8-7-17(4,11-19)18-15-5-6-15/h9-10,15,18-19H,5-8,11H2,1-4H3. The molecule has 1 saturated carbocycles. The summed E-state index contributed by atoms with van der Waals surface area (Å²) in [5.74, 6) is 0.967. The minimum Gasteiger partial charge on any atom is -0.493 e. The lowest BCUT2D eigenvalue weighted by Crippen LogP contribution is -2.48. The summed E-state index contributed by atoms with van der Waals surface area (Å²) in [7, 11) is 0. The summed E-state index contributed by atoms with van der Waals surface area (Å²) in [6, 6.07) is 4.86. The van der Waals surface area contributed by atoms with E-state index in [0.717, 1.165) is 12.2 Å². The van der Waals surface area contributed by atoms with Crippen LogP contribution in [0.25, 0.3) is 0 Å². The molecule has 0 spiro atoms. The molecule has 1 aliphatic rings. The van der Waals surface area contributed by atoms with Gasteiger partial charge in [0.1, 0.15) is 5.75 Å². The Morgan fingerprint density at radius 3 is 2.60 bits per heavy atom.